The van der Waals surface area contributed by atoms with E-state index in [-0.39, 0.29) is 11.9 Å². The third-order valence-corrected chi connectivity index (χ3v) is 4.42. The van der Waals surface area contributed by atoms with Gasteiger partial charge in [0.1, 0.15) is 17.1 Å². The second kappa shape index (κ2) is 7.43. The van der Waals surface area contributed by atoms with Crippen molar-refractivity contribution >= 4 is 16.9 Å². The number of benzene rings is 2. The largest absolute Gasteiger partial charge is 0.494 e. The summed E-state index contributed by atoms with van der Waals surface area (Å²) >= 11 is 0. The molecule has 4 nitrogen and oxygen atoms in total. The first kappa shape index (κ1) is 17.1. The molecule has 1 amide bonds. The maximum absolute atomic E-state index is 12.6. The van der Waals surface area contributed by atoms with Crippen LogP contribution in [-0.2, 0) is 11.2 Å². The monoisotopic (exact) mass is 337 g/mol. The zero-order chi connectivity index (χ0) is 17.8. The van der Waals surface area contributed by atoms with E-state index in [4.69, 9.17) is 9.15 Å². The summed E-state index contributed by atoms with van der Waals surface area (Å²) < 4.78 is 11.3. The van der Waals surface area contributed by atoms with Crippen molar-refractivity contribution in [2.45, 2.75) is 26.3 Å². The summed E-state index contributed by atoms with van der Waals surface area (Å²) in [5.74, 6) is 1.67. The van der Waals surface area contributed by atoms with E-state index in [1.54, 1.807) is 4.90 Å². The fraction of sp³-hybridized carbons (Fsp3) is 0.286. The van der Waals surface area contributed by atoms with Gasteiger partial charge in [-0.25, -0.2) is 0 Å². The molecule has 0 saturated heterocycles. The number of ether oxygens (including phenoxy) is 1. The lowest BCUT2D eigenvalue weighted by Crippen LogP contribution is -2.30. The first-order valence-electron chi connectivity index (χ1n) is 8.54. The Morgan fingerprint density at radius 2 is 1.88 bits per heavy atom. The quantitative estimate of drug-likeness (QED) is 0.660. The fourth-order valence-corrected chi connectivity index (χ4v) is 2.78. The first-order valence-corrected chi connectivity index (χ1v) is 8.54. The summed E-state index contributed by atoms with van der Waals surface area (Å²) in [6.45, 7) is 4.57. The molecule has 0 bridgehead atoms. The van der Waals surface area contributed by atoms with Gasteiger partial charge in [-0.05, 0) is 43.7 Å². The average molecular weight is 337 g/mol. The molecular formula is C21H23NO3. The second-order valence-electron chi connectivity index (χ2n) is 6.12. The van der Waals surface area contributed by atoms with Crippen molar-refractivity contribution in [3.05, 3.63) is 65.9 Å². The zero-order valence-electron chi connectivity index (χ0n) is 14.9. The molecule has 0 aliphatic heterocycles. The molecule has 1 unspecified atom stereocenters. The Kier molecular flexibility index (Phi) is 5.08. The summed E-state index contributed by atoms with van der Waals surface area (Å²) in [5, 5.41) is 1.05. The van der Waals surface area contributed by atoms with Gasteiger partial charge in [-0.1, -0.05) is 30.3 Å². The molecule has 1 aromatic heterocycles. The van der Waals surface area contributed by atoms with Crippen LogP contribution in [0.2, 0.25) is 0 Å². The van der Waals surface area contributed by atoms with Gasteiger partial charge in [-0.15, -0.1) is 0 Å². The molecule has 4 heteroatoms. The van der Waals surface area contributed by atoms with Crippen molar-refractivity contribution < 1.29 is 13.9 Å². The number of amides is 1. The standard InChI is InChI=1S/C21H23NO3/c1-4-24-18-11-9-16(10-12-18)13-21(23)22(3)15(2)20-14-17-7-5-6-8-19(17)25-20/h5-12,14-15H,4,13H2,1-3H3. The molecule has 0 N–H and O–H groups in total. The molecule has 0 aliphatic carbocycles. The van der Waals surface area contributed by atoms with Gasteiger partial charge in [-0.3, -0.25) is 4.79 Å². The molecule has 25 heavy (non-hydrogen) atoms. The van der Waals surface area contributed by atoms with E-state index in [0.29, 0.717) is 13.0 Å². The minimum atomic E-state index is -0.123. The Hall–Kier alpha value is -2.75. The summed E-state index contributed by atoms with van der Waals surface area (Å²) in [5.41, 5.74) is 1.81. The van der Waals surface area contributed by atoms with E-state index in [1.165, 1.54) is 0 Å². The number of furan rings is 1. The molecule has 0 aliphatic rings. The van der Waals surface area contributed by atoms with Crippen molar-refractivity contribution in [1.82, 2.24) is 4.90 Å². The summed E-state index contributed by atoms with van der Waals surface area (Å²) in [6.07, 6.45) is 0.355. The Labute approximate surface area is 148 Å². The highest BCUT2D eigenvalue weighted by Gasteiger charge is 2.20. The van der Waals surface area contributed by atoms with Crippen molar-refractivity contribution in [2.75, 3.05) is 13.7 Å². The topological polar surface area (TPSA) is 42.7 Å². The molecule has 2 aromatic carbocycles. The van der Waals surface area contributed by atoms with Crippen LogP contribution in [0.25, 0.3) is 11.0 Å². The number of hydrogen-bond donors (Lipinski definition) is 0. The van der Waals surface area contributed by atoms with Crippen molar-refractivity contribution in [3.8, 4) is 5.75 Å². The van der Waals surface area contributed by atoms with Crippen LogP contribution in [0.4, 0.5) is 0 Å². The Balaban J connectivity index is 1.68. The summed E-state index contributed by atoms with van der Waals surface area (Å²) in [4.78, 5) is 14.3. The molecule has 3 aromatic rings. The lowest BCUT2D eigenvalue weighted by Gasteiger charge is -2.23. The van der Waals surface area contributed by atoms with Crippen molar-refractivity contribution in [3.63, 3.8) is 0 Å². The summed E-state index contributed by atoms with van der Waals surface area (Å²) in [6, 6.07) is 17.4. The van der Waals surface area contributed by atoms with Crippen LogP contribution in [-0.4, -0.2) is 24.5 Å². The van der Waals surface area contributed by atoms with Crippen LogP contribution in [0.1, 0.15) is 31.2 Å². The third kappa shape index (κ3) is 3.85. The lowest BCUT2D eigenvalue weighted by molar-refractivity contribution is -0.131. The molecule has 0 radical (unpaired) electrons. The number of rotatable bonds is 6. The predicted octanol–water partition coefficient (Wildman–Crippen LogP) is 4.59. The van der Waals surface area contributed by atoms with Crippen LogP contribution >= 0.6 is 0 Å². The normalized spacial score (nSPS) is 12.1. The molecule has 0 fully saturated rings. The van der Waals surface area contributed by atoms with E-state index in [0.717, 1.165) is 28.0 Å². The van der Waals surface area contributed by atoms with Gasteiger partial charge in [0.2, 0.25) is 5.91 Å². The van der Waals surface area contributed by atoms with E-state index < -0.39 is 0 Å². The fourth-order valence-electron chi connectivity index (χ4n) is 2.78. The molecule has 0 saturated carbocycles. The second-order valence-corrected chi connectivity index (χ2v) is 6.12. The van der Waals surface area contributed by atoms with Gasteiger partial charge in [0.25, 0.3) is 0 Å². The van der Waals surface area contributed by atoms with Crippen LogP contribution < -0.4 is 4.74 Å². The van der Waals surface area contributed by atoms with Crippen LogP contribution in [0, 0.1) is 0 Å². The lowest BCUT2D eigenvalue weighted by atomic mass is 10.1. The third-order valence-electron chi connectivity index (χ3n) is 4.42. The highest BCUT2D eigenvalue weighted by Crippen LogP contribution is 2.27. The van der Waals surface area contributed by atoms with Gasteiger partial charge in [0.15, 0.2) is 0 Å². The molecule has 130 valence electrons. The van der Waals surface area contributed by atoms with E-state index >= 15 is 0 Å². The number of likely N-dealkylation sites (N-methyl/N-ethyl adjacent to an activating group) is 1. The maximum atomic E-state index is 12.6. The molecule has 1 heterocycles. The Morgan fingerprint density at radius 3 is 2.56 bits per heavy atom. The highest BCUT2D eigenvalue weighted by molar-refractivity contribution is 5.80. The smallest absolute Gasteiger partial charge is 0.227 e. The number of hydrogen-bond acceptors (Lipinski definition) is 3. The minimum Gasteiger partial charge on any atom is -0.494 e. The summed E-state index contributed by atoms with van der Waals surface area (Å²) in [7, 11) is 1.81. The molecule has 0 spiro atoms. The molecule has 1 atom stereocenters. The van der Waals surface area contributed by atoms with Crippen LogP contribution in [0.15, 0.2) is 59.0 Å². The van der Waals surface area contributed by atoms with Crippen LogP contribution in [0.3, 0.4) is 0 Å². The number of fused-ring (bicyclic) bond motifs is 1. The maximum Gasteiger partial charge on any atom is 0.227 e. The minimum absolute atomic E-state index is 0.0529. The number of carbonyl (C=O) groups is 1. The highest BCUT2D eigenvalue weighted by atomic mass is 16.5. The molecule has 3 rings (SSSR count). The Morgan fingerprint density at radius 1 is 1.16 bits per heavy atom. The Bertz CT molecular complexity index is 818. The van der Waals surface area contributed by atoms with Crippen LogP contribution in [0.5, 0.6) is 5.75 Å². The van der Waals surface area contributed by atoms with Crippen molar-refractivity contribution in [1.29, 1.82) is 0 Å². The number of para-hydroxylation sites is 1. The van der Waals surface area contributed by atoms with Gasteiger partial charge < -0.3 is 14.1 Å². The van der Waals surface area contributed by atoms with E-state index in [1.807, 2.05) is 75.5 Å². The van der Waals surface area contributed by atoms with E-state index in [9.17, 15) is 4.79 Å². The van der Waals surface area contributed by atoms with Gasteiger partial charge in [0, 0.05) is 12.4 Å². The number of carbonyl (C=O) groups excluding carboxylic acids is 1. The van der Waals surface area contributed by atoms with Gasteiger partial charge >= 0.3 is 0 Å². The SMILES string of the molecule is CCOc1ccc(CC(=O)N(C)C(C)c2cc3ccccc3o2)cc1. The molecular weight excluding hydrogens is 314 g/mol. The average Bonchev–Trinajstić information content (AvgIpc) is 3.06. The zero-order valence-corrected chi connectivity index (χ0v) is 14.9. The first-order chi connectivity index (χ1) is 12.1. The van der Waals surface area contributed by atoms with Gasteiger partial charge in [0.05, 0.1) is 19.1 Å². The van der Waals surface area contributed by atoms with Crippen molar-refractivity contribution in [2.24, 2.45) is 0 Å². The van der Waals surface area contributed by atoms with E-state index in [2.05, 4.69) is 0 Å². The predicted molar refractivity (Wildman–Crippen MR) is 98.7 cm³/mol. The number of nitrogens with zero attached hydrogens (tertiary/aromatic N) is 1. The van der Waals surface area contributed by atoms with Gasteiger partial charge in [-0.2, -0.15) is 0 Å².